The van der Waals surface area contributed by atoms with Crippen LogP contribution in [0.25, 0.3) is 0 Å². The van der Waals surface area contributed by atoms with E-state index in [1.54, 1.807) is 6.20 Å². The summed E-state index contributed by atoms with van der Waals surface area (Å²) >= 11 is 0. The summed E-state index contributed by atoms with van der Waals surface area (Å²) in [6.07, 6.45) is 5.56. The lowest BCUT2D eigenvalue weighted by Crippen LogP contribution is -2.22. The van der Waals surface area contributed by atoms with Gasteiger partial charge in [-0.15, -0.1) is 0 Å². The maximum Gasteiger partial charge on any atom is 0.0901 e. The largest absolute Gasteiger partial charge is 0.385 e. The minimum absolute atomic E-state index is 0.481. The quantitative estimate of drug-likeness (QED) is 0.811. The molecule has 0 saturated carbocycles. The zero-order valence-corrected chi connectivity index (χ0v) is 10.2. The summed E-state index contributed by atoms with van der Waals surface area (Å²) in [5.41, 5.74) is 0.171. The molecule has 0 radical (unpaired) electrons. The van der Waals surface area contributed by atoms with Crippen LogP contribution in [0.5, 0.6) is 0 Å². The number of aryl methyl sites for hydroxylation is 1. The van der Waals surface area contributed by atoms with Crippen molar-refractivity contribution in [2.45, 2.75) is 52.7 Å². The molecule has 0 aliphatic rings. The molecule has 0 amide bonds. The zero-order chi connectivity index (χ0) is 11.5. The van der Waals surface area contributed by atoms with Crippen LogP contribution in [0.4, 0.5) is 0 Å². The van der Waals surface area contributed by atoms with Crippen molar-refractivity contribution in [3.8, 4) is 0 Å². The van der Waals surface area contributed by atoms with Crippen molar-refractivity contribution < 1.29 is 5.11 Å². The molecule has 1 aromatic rings. The standard InChI is InChI=1S/C12H22N2O/c1-5-6-14-9-11(8-13-14)12(4,15)7-10(2)3/h8-10,15H,5-7H2,1-4H3. The first-order valence-electron chi connectivity index (χ1n) is 5.71. The van der Waals surface area contributed by atoms with Crippen LogP contribution in [0.15, 0.2) is 12.4 Å². The minimum Gasteiger partial charge on any atom is -0.385 e. The van der Waals surface area contributed by atoms with Gasteiger partial charge in [0.05, 0.1) is 11.8 Å². The fourth-order valence-corrected chi connectivity index (χ4v) is 1.91. The van der Waals surface area contributed by atoms with Gasteiger partial charge in [-0.05, 0) is 25.7 Å². The Balaban J connectivity index is 2.75. The van der Waals surface area contributed by atoms with Crippen LogP contribution in [0, 0.1) is 5.92 Å². The molecule has 1 rings (SSSR count). The molecule has 0 saturated heterocycles. The SMILES string of the molecule is CCCn1cc(C(C)(O)CC(C)C)cn1. The van der Waals surface area contributed by atoms with Gasteiger partial charge in [-0.25, -0.2) is 0 Å². The van der Waals surface area contributed by atoms with Gasteiger partial charge >= 0.3 is 0 Å². The smallest absolute Gasteiger partial charge is 0.0901 e. The molecule has 15 heavy (non-hydrogen) atoms. The highest BCUT2D eigenvalue weighted by molar-refractivity contribution is 5.13. The van der Waals surface area contributed by atoms with Gasteiger partial charge in [0.15, 0.2) is 0 Å². The summed E-state index contributed by atoms with van der Waals surface area (Å²) in [6, 6.07) is 0. The van der Waals surface area contributed by atoms with Crippen molar-refractivity contribution in [2.75, 3.05) is 0 Å². The van der Waals surface area contributed by atoms with E-state index >= 15 is 0 Å². The molecule has 3 nitrogen and oxygen atoms in total. The highest BCUT2D eigenvalue weighted by Crippen LogP contribution is 2.27. The van der Waals surface area contributed by atoms with Crippen molar-refractivity contribution in [1.29, 1.82) is 0 Å². The third-order valence-corrected chi connectivity index (χ3v) is 2.51. The van der Waals surface area contributed by atoms with E-state index in [1.165, 1.54) is 0 Å². The molecule has 86 valence electrons. The second-order valence-electron chi connectivity index (χ2n) is 4.86. The van der Waals surface area contributed by atoms with Gasteiger partial charge in [0.2, 0.25) is 0 Å². The maximum absolute atomic E-state index is 10.3. The molecule has 0 bridgehead atoms. The fraction of sp³-hybridized carbons (Fsp3) is 0.750. The fourth-order valence-electron chi connectivity index (χ4n) is 1.91. The lowest BCUT2D eigenvalue weighted by molar-refractivity contribution is 0.0348. The average Bonchev–Trinajstić information content (AvgIpc) is 2.51. The molecule has 0 spiro atoms. The van der Waals surface area contributed by atoms with Crippen LogP contribution in [0.2, 0.25) is 0 Å². The third kappa shape index (κ3) is 3.34. The maximum atomic E-state index is 10.3. The normalized spacial score (nSPS) is 15.6. The summed E-state index contributed by atoms with van der Waals surface area (Å²) in [7, 11) is 0. The Labute approximate surface area is 92.1 Å². The van der Waals surface area contributed by atoms with Crippen LogP contribution in [0.1, 0.15) is 46.1 Å². The number of aromatic nitrogens is 2. The molecule has 0 fully saturated rings. The summed E-state index contributed by atoms with van der Waals surface area (Å²) in [5.74, 6) is 0.481. The first-order valence-corrected chi connectivity index (χ1v) is 5.71. The minimum atomic E-state index is -0.750. The lowest BCUT2D eigenvalue weighted by atomic mass is 9.89. The van der Waals surface area contributed by atoms with Crippen molar-refractivity contribution in [3.05, 3.63) is 18.0 Å². The van der Waals surface area contributed by atoms with E-state index in [2.05, 4.69) is 25.9 Å². The molecule has 0 aromatic carbocycles. The molecule has 1 N–H and O–H groups in total. The second-order valence-corrected chi connectivity index (χ2v) is 4.86. The van der Waals surface area contributed by atoms with Crippen LogP contribution >= 0.6 is 0 Å². The highest BCUT2D eigenvalue weighted by Gasteiger charge is 2.25. The zero-order valence-electron chi connectivity index (χ0n) is 10.2. The van der Waals surface area contributed by atoms with E-state index in [4.69, 9.17) is 0 Å². The Hall–Kier alpha value is -0.830. The molecule has 0 aliphatic heterocycles. The van der Waals surface area contributed by atoms with Crippen LogP contribution in [-0.2, 0) is 12.1 Å². The Kier molecular flexibility index (Phi) is 3.91. The molecular weight excluding hydrogens is 188 g/mol. The van der Waals surface area contributed by atoms with Gasteiger partial charge in [-0.1, -0.05) is 20.8 Å². The molecule has 1 unspecified atom stereocenters. The van der Waals surface area contributed by atoms with Gasteiger partial charge < -0.3 is 5.11 Å². The highest BCUT2D eigenvalue weighted by atomic mass is 16.3. The van der Waals surface area contributed by atoms with Gasteiger partial charge in [-0.3, -0.25) is 4.68 Å². The van der Waals surface area contributed by atoms with Crippen molar-refractivity contribution >= 4 is 0 Å². The molecule has 3 heteroatoms. The Morgan fingerprint density at radius 2 is 2.20 bits per heavy atom. The number of aliphatic hydroxyl groups is 1. The average molecular weight is 210 g/mol. The Morgan fingerprint density at radius 1 is 1.53 bits per heavy atom. The topological polar surface area (TPSA) is 38.0 Å². The Bertz CT molecular complexity index is 302. The monoisotopic (exact) mass is 210 g/mol. The molecule has 1 heterocycles. The number of hydrogen-bond donors (Lipinski definition) is 1. The lowest BCUT2D eigenvalue weighted by Gasteiger charge is -2.23. The van der Waals surface area contributed by atoms with Gasteiger partial charge in [0, 0.05) is 18.3 Å². The molecule has 1 atom stereocenters. The van der Waals surface area contributed by atoms with Crippen molar-refractivity contribution in [2.24, 2.45) is 5.92 Å². The third-order valence-electron chi connectivity index (χ3n) is 2.51. The first-order chi connectivity index (χ1) is 6.95. The van der Waals surface area contributed by atoms with E-state index in [1.807, 2.05) is 17.8 Å². The van der Waals surface area contributed by atoms with Crippen LogP contribution < -0.4 is 0 Å². The summed E-state index contributed by atoms with van der Waals surface area (Å²) in [4.78, 5) is 0. The number of rotatable bonds is 5. The first kappa shape index (κ1) is 12.2. The predicted molar refractivity (Wildman–Crippen MR) is 61.5 cm³/mol. The molecule has 1 aromatic heterocycles. The molecule has 0 aliphatic carbocycles. The van der Waals surface area contributed by atoms with E-state index in [9.17, 15) is 5.11 Å². The van der Waals surface area contributed by atoms with E-state index < -0.39 is 5.60 Å². The van der Waals surface area contributed by atoms with Crippen LogP contribution in [0.3, 0.4) is 0 Å². The van der Waals surface area contributed by atoms with Crippen molar-refractivity contribution in [1.82, 2.24) is 9.78 Å². The van der Waals surface area contributed by atoms with Crippen molar-refractivity contribution in [3.63, 3.8) is 0 Å². The molecular formula is C12H22N2O. The van der Waals surface area contributed by atoms with Gasteiger partial charge in [-0.2, -0.15) is 5.10 Å². The van der Waals surface area contributed by atoms with E-state index in [0.717, 1.165) is 24.9 Å². The summed E-state index contributed by atoms with van der Waals surface area (Å²) in [6.45, 7) is 9.13. The number of hydrogen-bond acceptors (Lipinski definition) is 2. The summed E-state index contributed by atoms with van der Waals surface area (Å²) < 4.78 is 1.89. The second kappa shape index (κ2) is 4.79. The van der Waals surface area contributed by atoms with E-state index in [-0.39, 0.29) is 0 Å². The van der Waals surface area contributed by atoms with Crippen LogP contribution in [-0.4, -0.2) is 14.9 Å². The van der Waals surface area contributed by atoms with E-state index in [0.29, 0.717) is 5.92 Å². The predicted octanol–water partition coefficient (Wildman–Crippen LogP) is 2.55. The van der Waals surface area contributed by atoms with Gasteiger partial charge in [0.1, 0.15) is 0 Å². The van der Waals surface area contributed by atoms with Gasteiger partial charge in [0.25, 0.3) is 0 Å². The summed E-state index contributed by atoms with van der Waals surface area (Å²) in [5, 5.41) is 14.5. The Morgan fingerprint density at radius 3 is 2.73 bits per heavy atom. The number of nitrogens with zero attached hydrogens (tertiary/aromatic N) is 2.